The summed E-state index contributed by atoms with van der Waals surface area (Å²) in [5, 5.41) is 2.59. The molecule has 3 rings (SSSR count). The minimum absolute atomic E-state index is 0.187. The van der Waals surface area contributed by atoms with E-state index in [4.69, 9.17) is 9.47 Å². The highest BCUT2D eigenvalue weighted by Crippen LogP contribution is 2.25. The fraction of sp³-hybridized carbons (Fsp3) is 0.0870. The molecule has 0 fully saturated rings. The number of ether oxygens (including phenoxy) is 2. The lowest BCUT2D eigenvalue weighted by Gasteiger charge is -2.11. The number of aromatic nitrogens is 2. The number of allylic oxidation sites excluding steroid dienone is 1. The molecule has 0 atom stereocenters. The van der Waals surface area contributed by atoms with E-state index in [0.717, 1.165) is 0 Å². The third-order valence-corrected chi connectivity index (χ3v) is 4.01. The van der Waals surface area contributed by atoms with Crippen LogP contribution >= 0.6 is 0 Å². The summed E-state index contributed by atoms with van der Waals surface area (Å²) in [7, 11) is 0. The predicted octanol–water partition coefficient (Wildman–Crippen LogP) is 4.16. The van der Waals surface area contributed by atoms with E-state index in [2.05, 4.69) is 15.3 Å². The normalized spacial score (nSPS) is 10.5. The molecule has 0 saturated carbocycles. The van der Waals surface area contributed by atoms with E-state index in [-0.39, 0.29) is 23.7 Å². The van der Waals surface area contributed by atoms with Crippen molar-refractivity contribution in [2.75, 3.05) is 11.9 Å². The third-order valence-electron chi connectivity index (χ3n) is 4.01. The van der Waals surface area contributed by atoms with Crippen LogP contribution in [-0.4, -0.2) is 34.4 Å². The molecule has 0 aliphatic heterocycles. The van der Waals surface area contributed by atoms with Crippen molar-refractivity contribution >= 4 is 29.6 Å². The minimum Gasteiger partial charge on any atom is -0.450 e. The molecular formula is C23H19N3O5. The van der Waals surface area contributed by atoms with Crippen molar-refractivity contribution in [3.05, 3.63) is 90.0 Å². The number of nitrogens with one attached hydrogen (secondary N) is 1. The first kappa shape index (κ1) is 21.4. The van der Waals surface area contributed by atoms with Gasteiger partial charge in [0.25, 0.3) is 0 Å². The molecule has 0 saturated heterocycles. The van der Waals surface area contributed by atoms with Crippen molar-refractivity contribution in [3.8, 4) is 5.75 Å². The second-order valence-corrected chi connectivity index (χ2v) is 6.17. The molecule has 0 aliphatic carbocycles. The molecule has 0 radical (unpaired) electrons. The Morgan fingerprint density at radius 2 is 1.71 bits per heavy atom. The van der Waals surface area contributed by atoms with Gasteiger partial charge in [0.1, 0.15) is 5.75 Å². The lowest BCUT2D eigenvalue weighted by molar-refractivity contribution is 0.0734. The van der Waals surface area contributed by atoms with Crippen molar-refractivity contribution in [2.45, 2.75) is 6.92 Å². The van der Waals surface area contributed by atoms with Crippen molar-refractivity contribution < 1.29 is 23.9 Å². The number of pyridine rings is 2. The standard InChI is InChI=1S/C23H19N3O5/c1-2-30-23(29)26-20-13-19(31-22(28)18-6-4-12-25-15-18)9-7-16(20)8-10-21(27)17-5-3-11-24-14-17/h3-15H,2H2,1H3,(H,26,29)/b10-8+. The number of hydrogen-bond donors (Lipinski definition) is 1. The molecule has 8 heteroatoms. The largest absolute Gasteiger partial charge is 0.450 e. The monoisotopic (exact) mass is 417 g/mol. The molecule has 0 spiro atoms. The molecule has 0 aliphatic rings. The zero-order valence-electron chi connectivity index (χ0n) is 16.6. The van der Waals surface area contributed by atoms with Gasteiger partial charge >= 0.3 is 12.1 Å². The average molecular weight is 417 g/mol. The van der Waals surface area contributed by atoms with Crippen LogP contribution in [0.15, 0.2) is 73.3 Å². The number of hydrogen-bond acceptors (Lipinski definition) is 7. The highest BCUT2D eigenvalue weighted by molar-refractivity contribution is 6.07. The maximum absolute atomic E-state index is 12.3. The molecule has 0 bridgehead atoms. The maximum atomic E-state index is 12.3. The SMILES string of the molecule is CCOC(=O)Nc1cc(OC(=O)c2cccnc2)ccc1/C=C/C(=O)c1cccnc1. The maximum Gasteiger partial charge on any atom is 0.411 e. The van der Waals surface area contributed by atoms with Crippen LogP contribution in [0.2, 0.25) is 0 Å². The smallest absolute Gasteiger partial charge is 0.411 e. The van der Waals surface area contributed by atoms with E-state index in [0.29, 0.717) is 16.8 Å². The number of amides is 1. The first-order chi connectivity index (χ1) is 15.1. The van der Waals surface area contributed by atoms with E-state index in [1.54, 1.807) is 61.8 Å². The Morgan fingerprint density at radius 1 is 1.00 bits per heavy atom. The molecule has 2 aromatic heterocycles. The van der Waals surface area contributed by atoms with Crippen LogP contribution in [0.4, 0.5) is 10.5 Å². The summed E-state index contributed by atoms with van der Waals surface area (Å²) in [5.74, 6) is -0.635. The van der Waals surface area contributed by atoms with Crippen LogP contribution in [0.1, 0.15) is 33.2 Å². The molecule has 1 aromatic carbocycles. The Balaban J connectivity index is 1.84. The molecule has 0 unspecified atom stereocenters. The van der Waals surface area contributed by atoms with Gasteiger partial charge in [-0.1, -0.05) is 0 Å². The van der Waals surface area contributed by atoms with E-state index in [9.17, 15) is 14.4 Å². The molecule has 31 heavy (non-hydrogen) atoms. The number of carbonyl (C=O) groups excluding carboxylic acids is 3. The van der Waals surface area contributed by atoms with Gasteiger partial charge in [0.2, 0.25) is 0 Å². The lowest BCUT2D eigenvalue weighted by Crippen LogP contribution is -2.14. The van der Waals surface area contributed by atoms with Gasteiger partial charge in [0, 0.05) is 36.4 Å². The Kier molecular flexibility index (Phi) is 7.21. The number of ketones is 1. The van der Waals surface area contributed by atoms with Crippen molar-refractivity contribution in [3.63, 3.8) is 0 Å². The van der Waals surface area contributed by atoms with Gasteiger partial charge in [-0.3, -0.25) is 20.1 Å². The highest BCUT2D eigenvalue weighted by atomic mass is 16.5. The number of nitrogens with zero attached hydrogens (tertiary/aromatic N) is 2. The predicted molar refractivity (Wildman–Crippen MR) is 114 cm³/mol. The molecule has 8 nitrogen and oxygen atoms in total. The fourth-order valence-corrected chi connectivity index (χ4v) is 2.55. The number of rotatable bonds is 7. The summed E-state index contributed by atoms with van der Waals surface area (Å²) >= 11 is 0. The van der Waals surface area contributed by atoms with Gasteiger partial charge in [-0.05, 0) is 61.0 Å². The van der Waals surface area contributed by atoms with Gasteiger partial charge in [-0.2, -0.15) is 0 Å². The molecule has 156 valence electrons. The summed E-state index contributed by atoms with van der Waals surface area (Å²) < 4.78 is 10.3. The summed E-state index contributed by atoms with van der Waals surface area (Å²) in [6, 6.07) is 11.2. The topological polar surface area (TPSA) is 107 Å². The number of anilines is 1. The Bertz CT molecular complexity index is 1100. The van der Waals surface area contributed by atoms with Crippen molar-refractivity contribution in [1.29, 1.82) is 0 Å². The summed E-state index contributed by atoms with van der Waals surface area (Å²) in [6.07, 6.45) is 8.21. The van der Waals surface area contributed by atoms with Gasteiger partial charge in [0.05, 0.1) is 17.9 Å². The molecular weight excluding hydrogens is 398 g/mol. The van der Waals surface area contributed by atoms with Crippen molar-refractivity contribution in [2.24, 2.45) is 0 Å². The second kappa shape index (κ2) is 10.4. The first-order valence-corrected chi connectivity index (χ1v) is 9.39. The van der Waals surface area contributed by atoms with Crippen molar-refractivity contribution in [1.82, 2.24) is 9.97 Å². The molecule has 3 aromatic rings. The van der Waals surface area contributed by atoms with E-state index in [1.165, 1.54) is 24.5 Å². The van der Waals surface area contributed by atoms with Crippen LogP contribution in [0.3, 0.4) is 0 Å². The van der Waals surface area contributed by atoms with E-state index >= 15 is 0 Å². The third kappa shape index (κ3) is 6.07. The van der Waals surface area contributed by atoms with Gasteiger partial charge in [0.15, 0.2) is 5.78 Å². The summed E-state index contributed by atoms with van der Waals surface area (Å²) in [6.45, 7) is 1.87. The second-order valence-electron chi connectivity index (χ2n) is 6.17. The van der Waals surface area contributed by atoms with Crippen LogP contribution in [-0.2, 0) is 4.74 Å². The summed E-state index contributed by atoms with van der Waals surface area (Å²) in [4.78, 5) is 44.3. The molecule has 1 amide bonds. The Morgan fingerprint density at radius 3 is 2.35 bits per heavy atom. The minimum atomic E-state index is -0.675. The van der Waals surface area contributed by atoms with Crippen LogP contribution in [0, 0.1) is 0 Å². The highest BCUT2D eigenvalue weighted by Gasteiger charge is 2.12. The van der Waals surface area contributed by atoms with Crippen LogP contribution in [0.5, 0.6) is 5.75 Å². The first-order valence-electron chi connectivity index (χ1n) is 9.39. The zero-order valence-corrected chi connectivity index (χ0v) is 16.6. The van der Waals surface area contributed by atoms with E-state index in [1.807, 2.05) is 0 Å². The average Bonchev–Trinajstić information content (AvgIpc) is 2.79. The number of esters is 1. The van der Waals surface area contributed by atoms with Crippen LogP contribution in [0.25, 0.3) is 6.08 Å². The fourth-order valence-electron chi connectivity index (χ4n) is 2.55. The van der Waals surface area contributed by atoms with Gasteiger partial charge < -0.3 is 9.47 Å². The zero-order chi connectivity index (χ0) is 22.1. The Hall–Kier alpha value is -4.33. The molecule has 1 N–H and O–H groups in total. The molecule has 2 heterocycles. The van der Waals surface area contributed by atoms with E-state index < -0.39 is 12.1 Å². The van der Waals surface area contributed by atoms with Gasteiger partial charge in [-0.25, -0.2) is 9.59 Å². The summed E-state index contributed by atoms with van der Waals surface area (Å²) in [5.41, 5.74) is 1.55. The number of carbonyl (C=O) groups is 3. The number of benzene rings is 1. The lowest BCUT2D eigenvalue weighted by atomic mass is 10.1. The Labute approximate surface area is 178 Å². The quantitative estimate of drug-likeness (QED) is 0.266. The van der Waals surface area contributed by atoms with Crippen LogP contribution < -0.4 is 10.1 Å². The van der Waals surface area contributed by atoms with Gasteiger partial charge in [-0.15, -0.1) is 0 Å².